The molecule has 0 aromatic heterocycles. The largest absolute Gasteiger partial charge is 0.466 e. The second-order valence-electron chi connectivity index (χ2n) is 24.9. The van der Waals surface area contributed by atoms with Gasteiger partial charge in [0.1, 0.15) is 0 Å². The fourth-order valence-electron chi connectivity index (χ4n) is 11.6. The first-order valence-corrected chi connectivity index (χ1v) is 35.9. The van der Waals surface area contributed by atoms with Crippen LogP contribution in [0.15, 0.2) is 12.2 Å². The molecular weight excluding hydrogens is 959 g/mol. The van der Waals surface area contributed by atoms with Crippen molar-refractivity contribution in [2.45, 2.75) is 424 Å². The van der Waals surface area contributed by atoms with Crippen molar-refractivity contribution < 1.29 is 24.5 Å². The molecule has 464 valence electrons. The number of esters is 1. The minimum Gasteiger partial charge on any atom is -0.466 e. The number of rotatable bonds is 68. The first-order chi connectivity index (χ1) is 38.5. The van der Waals surface area contributed by atoms with Gasteiger partial charge in [0.2, 0.25) is 5.91 Å². The van der Waals surface area contributed by atoms with Crippen molar-refractivity contribution in [1.29, 1.82) is 0 Å². The van der Waals surface area contributed by atoms with Crippen molar-refractivity contribution in [2.75, 3.05) is 13.2 Å². The van der Waals surface area contributed by atoms with Crippen molar-refractivity contribution in [1.82, 2.24) is 5.32 Å². The van der Waals surface area contributed by atoms with Gasteiger partial charge in [0.15, 0.2) is 0 Å². The average molecular weight is 1100 g/mol. The molecule has 0 saturated heterocycles. The Morgan fingerprint density at radius 3 is 0.910 bits per heavy atom. The van der Waals surface area contributed by atoms with Crippen LogP contribution in [0.2, 0.25) is 0 Å². The van der Waals surface area contributed by atoms with Gasteiger partial charge in [-0.1, -0.05) is 360 Å². The highest BCUT2D eigenvalue weighted by Crippen LogP contribution is 2.19. The van der Waals surface area contributed by atoms with E-state index in [9.17, 15) is 19.8 Å². The van der Waals surface area contributed by atoms with Crippen molar-refractivity contribution in [3.63, 3.8) is 0 Å². The fraction of sp³-hybridized carbons (Fsp3) is 0.944. The molecule has 0 spiro atoms. The number of ether oxygens (including phenoxy) is 1. The summed E-state index contributed by atoms with van der Waals surface area (Å²) >= 11 is 0. The number of allylic oxidation sites excluding steroid dienone is 2. The lowest BCUT2D eigenvalue weighted by molar-refractivity contribution is -0.143. The summed E-state index contributed by atoms with van der Waals surface area (Å²) in [6.45, 7) is 4.97. The van der Waals surface area contributed by atoms with Gasteiger partial charge in [-0.15, -0.1) is 0 Å². The van der Waals surface area contributed by atoms with E-state index in [2.05, 4.69) is 31.3 Å². The van der Waals surface area contributed by atoms with E-state index in [1.165, 1.54) is 340 Å². The topological polar surface area (TPSA) is 95.9 Å². The lowest BCUT2D eigenvalue weighted by Gasteiger charge is -2.22. The summed E-state index contributed by atoms with van der Waals surface area (Å²) < 4.78 is 5.51. The van der Waals surface area contributed by atoms with Crippen LogP contribution in [-0.2, 0) is 14.3 Å². The lowest BCUT2D eigenvalue weighted by atomic mass is 10.0. The van der Waals surface area contributed by atoms with Gasteiger partial charge in [-0.3, -0.25) is 9.59 Å². The molecule has 0 fully saturated rings. The molecule has 0 rings (SSSR count). The van der Waals surface area contributed by atoms with Crippen LogP contribution in [0, 0.1) is 0 Å². The van der Waals surface area contributed by atoms with E-state index in [0.717, 1.165) is 38.5 Å². The number of hydrogen-bond donors (Lipinski definition) is 3. The molecule has 0 saturated carbocycles. The normalized spacial score (nSPS) is 12.5. The van der Waals surface area contributed by atoms with Gasteiger partial charge < -0.3 is 20.3 Å². The van der Waals surface area contributed by atoms with E-state index in [1.807, 2.05) is 0 Å². The molecule has 0 radical (unpaired) electrons. The number of aliphatic hydroxyl groups excluding tert-OH is 2. The first kappa shape index (κ1) is 76.6. The standard InChI is InChI=1S/C72H141NO5/c1-3-5-7-9-11-13-14-15-16-17-33-37-40-43-46-50-54-58-62-66-72(77)78-67-63-59-55-51-47-44-41-38-35-32-30-28-26-24-22-20-18-19-21-23-25-27-29-31-34-36-39-42-45-49-53-57-61-65-71(76)73-69(68-74)70(75)64-60-56-52-48-12-10-8-6-4-2/h15-16,69-70,74-75H,3-14,17-68H2,1-2H3,(H,73,76)/b16-15-. The van der Waals surface area contributed by atoms with Crippen LogP contribution >= 0.6 is 0 Å². The second kappa shape index (κ2) is 68.1. The predicted molar refractivity (Wildman–Crippen MR) is 343 cm³/mol. The number of amides is 1. The molecule has 2 atom stereocenters. The fourth-order valence-corrected chi connectivity index (χ4v) is 11.6. The zero-order chi connectivity index (χ0) is 56.4. The van der Waals surface area contributed by atoms with E-state index in [4.69, 9.17) is 4.74 Å². The van der Waals surface area contributed by atoms with Crippen LogP contribution in [0.3, 0.4) is 0 Å². The molecule has 0 aliphatic heterocycles. The molecule has 6 nitrogen and oxygen atoms in total. The van der Waals surface area contributed by atoms with Gasteiger partial charge >= 0.3 is 5.97 Å². The minimum atomic E-state index is -0.658. The van der Waals surface area contributed by atoms with Gasteiger partial charge in [0.25, 0.3) is 0 Å². The summed E-state index contributed by atoms with van der Waals surface area (Å²) in [4.78, 5) is 24.5. The van der Waals surface area contributed by atoms with E-state index < -0.39 is 12.1 Å². The van der Waals surface area contributed by atoms with Crippen LogP contribution in [0.1, 0.15) is 412 Å². The zero-order valence-corrected chi connectivity index (χ0v) is 53.2. The number of nitrogens with one attached hydrogen (secondary N) is 1. The average Bonchev–Trinajstić information content (AvgIpc) is 3.44. The molecule has 78 heavy (non-hydrogen) atoms. The second-order valence-corrected chi connectivity index (χ2v) is 24.9. The molecule has 1 amide bonds. The van der Waals surface area contributed by atoms with Crippen LogP contribution in [0.4, 0.5) is 0 Å². The highest BCUT2D eigenvalue weighted by atomic mass is 16.5. The van der Waals surface area contributed by atoms with Gasteiger partial charge in [0, 0.05) is 12.8 Å². The summed E-state index contributed by atoms with van der Waals surface area (Å²) in [6.07, 6.45) is 84.4. The van der Waals surface area contributed by atoms with Crippen molar-refractivity contribution in [3.8, 4) is 0 Å². The minimum absolute atomic E-state index is 0.0221. The Bertz CT molecular complexity index is 1180. The lowest BCUT2D eigenvalue weighted by Crippen LogP contribution is -2.45. The van der Waals surface area contributed by atoms with Crippen molar-refractivity contribution in [3.05, 3.63) is 12.2 Å². The maximum absolute atomic E-state index is 12.4. The van der Waals surface area contributed by atoms with Gasteiger partial charge in [-0.2, -0.15) is 0 Å². The highest BCUT2D eigenvalue weighted by molar-refractivity contribution is 5.76. The predicted octanol–water partition coefficient (Wildman–Crippen LogP) is 23.1. The molecular formula is C72H141NO5. The maximum atomic E-state index is 12.4. The first-order valence-electron chi connectivity index (χ1n) is 35.9. The molecule has 0 bridgehead atoms. The van der Waals surface area contributed by atoms with Gasteiger partial charge in [-0.05, 0) is 51.4 Å². The third kappa shape index (κ3) is 63.8. The van der Waals surface area contributed by atoms with Crippen LogP contribution in [-0.4, -0.2) is 47.4 Å². The summed E-state index contributed by atoms with van der Waals surface area (Å²) in [7, 11) is 0. The third-order valence-electron chi connectivity index (χ3n) is 17.1. The Hall–Kier alpha value is -1.40. The van der Waals surface area contributed by atoms with E-state index in [-0.39, 0.29) is 18.5 Å². The van der Waals surface area contributed by atoms with Gasteiger partial charge in [-0.25, -0.2) is 0 Å². The Morgan fingerprint density at radius 1 is 0.346 bits per heavy atom. The summed E-state index contributed by atoms with van der Waals surface area (Å²) in [6, 6.07) is -0.535. The Kier molecular flexibility index (Phi) is 66.9. The maximum Gasteiger partial charge on any atom is 0.305 e. The molecule has 2 unspecified atom stereocenters. The summed E-state index contributed by atoms with van der Waals surface area (Å²) in [5.74, 6) is -0.00828. The van der Waals surface area contributed by atoms with E-state index >= 15 is 0 Å². The Balaban J connectivity index is 3.27. The zero-order valence-electron chi connectivity index (χ0n) is 53.2. The van der Waals surface area contributed by atoms with Crippen molar-refractivity contribution >= 4 is 11.9 Å². The quantitative estimate of drug-likeness (QED) is 0.0320. The smallest absolute Gasteiger partial charge is 0.305 e. The highest BCUT2D eigenvalue weighted by Gasteiger charge is 2.20. The SMILES string of the molecule is CCCCCCCC/C=C\CCCCCCCCCCCC(=O)OCCCCCCCCCCCCCCCCCCCCCCCCCCCCCCCCCCCC(=O)NC(CO)C(O)CCCCCCCCCCC. The summed E-state index contributed by atoms with van der Waals surface area (Å²) in [5.41, 5.74) is 0. The third-order valence-corrected chi connectivity index (χ3v) is 17.1. The summed E-state index contributed by atoms with van der Waals surface area (Å²) in [5, 5.41) is 23.1. The van der Waals surface area contributed by atoms with E-state index in [0.29, 0.717) is 25.9 Å². The number of hydrogen-bond acceptors (Lipinski definition) is 5. The number of aliphatic hydroxyl groups is 2. The van der Waals surface area contributed by atoms with E-state index in [1.54, 1.807) is 0 Å². The molecule has 0 aromatic carbocycles. The molecule has 0 aromatic rings. The van der Waals surface area contributed by atoms with Crippen LogP contribution in [0.5, 0.6) is 0 Å². The van der Waals surface area contributed by atoms with Crippen LogP contribution < -0.4 is 5.32 Å². The van der Waals surface area contributed by atoms with Gasteiger partial charge in [0.05, 0.1) is 25.4 Å². The number of unbranched alkanes of at least 4 members (excludes halogenated alkanes) is 55. The molecule has 6 heteroatoms. The molecule has 0 heterocycles. The van der Waals surface area contributed by atoms with Crippen LogP contribution in [0.25, 0.3) is 0 Å². The Morgan fingerprint density at radius 2 is 0.603 bits per heavy atom. The monoisotopic (exact) mass is 1100 g/mol. The Labute approximate surface area is 489 Å². The molecule has 3 N–H and O–H groups in total. The molecule has 0 aliphatic carbocycles. The van der Waals surface area contributed by atoms with Crippen molar-refractivity contribution in [2.24, 2.45) is 0 Å². The molecule has 0 aliphatic rings. The number of carbonyl (C=O) groups is 2. The number of carbonyl (C=O) groups excluding carboxylic acids is 2.